The van der Waals surface area contributed by atoms with E-state index < -0.39 is 0 Å². The van der Waals surface area contributed by atoms with E-state index in [1.807, 2.05) is 42.1 Å². The number of hydrogen-bond acceptors (Lipinski definition) is 6. The molecule has 6 nitrogen and oxygen atoms in total. The molecule has 4 rings (SSSR count). The average molecular weight is 467 g/mol. The van der Waals surface area contributed by atoms with E-state index in [2.05, 4.69) is 32.7 Å². The van der Waals surface area contributed by atoms with Gasteiger partial charge in [-0.1, -0.05) is 30.3 Å². The average Bonchev–Trinajstić information content (AvgIpc) is 3.26. The van der Waals surface area contributed by atoms with Crippen LogP contribution in [0.3, 0.4) is 0 Å². The van der Waals surface area contributed by atoms with E-state index in [1.54, 1.807) is 17.5 Å². The first-order valence-corrected chi connectivity index (χ1v) is 12.7. The number of nitrogens with zero attached hydrogens (tertiary/aromatic N) is 2. The number of benzene rings is 2. The van der Waals surface area contributed by atoms with Crippen molar-refractivity contribution in [1.29, 1.82) is 0 Å². The van der Waals surface area contributed by atoms with Crippen molar-refractivity contribution in [2.45, 2.75) is 12.8 Å². The van der Waals surface area contributed by atoms with Gasteiger partial charge < -0.3 is 10.2 Å². The van der Waals surface area contributed by atoms with E-state index in [1.165, 1.54) is 41.5 Å². The van der Waals surface area contributed by atoms with Crippen molar-refractivity contribution in [3.05, 3.63) is 76.8 Å². The van der Waals surface area contributed by atoms with Gasteiger partial charge in [-0.2, -0.15) is 11.8 Å². The van der Waals surface area contributed by atoms with E-state index in [9.17, 15) is 9.59 Å². The molecule has 1 fully saturated rings. The van der Waals surface area contributed by atoms with Crippen LogP contribution in [0.5, 0.6) is 0 Å². The predicted octanol–water partition coefficient (Wildman–Crippen LogP) is 4.17. The van der Waals surface area contributed by atoms with Crippen molar-refractivity contribution in [3.8, 4) is 0 Å². The highest BCUT2D eigenvalue weighted by molar-refractivity contribution is 7.99. The van der Waals surface area contributed by atoms with Crippen molar-refractivity contribution in [2.75, 3.05) is 41.8 Å². The first kappa shape index (κ1) is 22.5. The van der Waals surface area contributed by atoms with Gasteiger partial charge in [-0.05, 0) is 36.2 Å². The van der Waals surface area contributed by atoms with E-state index in [4.69, 9.17) is 0 Å². The fourth-order valence-electron chi connectivity index (χ4n) is 3.44. The van der Waals surface area contributed by atoms with Crippen LogP contribution in [0.15, 0.2) is 60.0 Å². The van der Waals surface area contributed by atoms with Crippen LogP contribution in [0.1, 0.15) is 21.6 Å². The molecular formula is C24H26N4O2S2. The van der Waals surface area contributed by atoms with E-state index in [0.29, 0.717) is 16.4 Å². The Morgan fingerprint density at radius 3 is 2.47 bits per heavy atom. The molecule has 1 saturated heterocycles. The van der Waals surface area contributed by atoms with Gasteiger partial charge >= 0.3 is 0 Å². The van der Waals surface area contributed by atoms with Crippen LogP contribution in [-0.4, -0.2) is 52.8 Å². The molecule has 166 valence electrons. The zero-order valence-corrected chi connectivity index (χ0v) is 19.4. The summed E-state index contributed by atoms with van der Waals surface area (Å²) < 4.78 is 0. The smallest absolute Gasteiger partial charge is 0.257 e. The largest absolute Gasteiger partial charge is 0.326 e. The second-order valence-corrected chi connectivity index (χ2v) is 9.67. The van der Waals surface area contributed by atoms with Crippen molar-refractivity contribution in [2.24, 2.45) is 0 Å². The Balaban J connectivity index is 1.23. The van der Waals surface area contributed by atoms with Crippen molar-refractivity contribution >= 4 is 45.7 Å². The Hall–Kier alpha value is -2.68. The molecular weight excluding hydrogens is 440 g/mol. The number of thioether (sulfide) groups is 1. The van der Waals surface area contributed by atoms with Gasteiger partial charge in [0.2, 0.25) is 5.91 Å². The van der Waals surface area contributed by atoms with Crippen LogP contribution >= 0.6 is 23.1 Å². The summed E-state index contributed by atoms with van der Waals surface area (Å²) >= 11 is 3.34. The third-order valence-electron chi connectivity index (χ3n) is 5.21. The molecule has 0 radical (unpaired) electrons. The summed E-state index contributed by atoms with van der Waals surface area (Å²) in [6, 6.07) is 17.0. The molecule has 0 bridgehead atoms. The van der Waals surface area contributed by atoms with Crippen LogP contribution in [-0.2, 0) is 17.6 Å². The topological polar surface area (TPSA) is 74.3 Å². The minimum Gasteiger partial charge on any atom is -0.326 e. The fraction of sp³-hybridized carbons (Fsp3) is 0.292. The standard InChI is InChI=1S/C24H26N4O2S2/c29-22(16-21-17-32-24(26-21)27-23(30)19-4-2-1-3-5-19)25-20-8-6-18(7-9-20)10-11-28-12-14-31-15-13-28/h1-9,17H,10-16H2,(H,25,29)(H,26,27,30). The molecule has 0 saturated carbocycles. The van der Waals surface area contributed by atoms with Crippen LogP contribution in [0.2, 0.25) is 0 Å². The number of carbonyl (C=O) groups is 2. The molecule has 32 heavy (non-hydrogen) atoms. The predicted molar refractivity (Wildman–Crippen MR) is 133 cm³/mol. The molecule has 0 unspecified atom stereocenters. The number of rotatable bonds is 8. The molecule has 2 amide bonds. The first-order chi connectivity index (χ1) is 15.7. The zero-order chi connectivity index (χ0) is 22.2. The number of carbonyl (C=O) groups excluding carboxylic acids is 2. The van der Waals surface area contributed by atoms with Gasteiger partial charge in [0.1, 0.15) is 0 Å². The number of amides is 2. The van der Waals surface area contributed by atoms with Gasteiger partial charge in [0.15, 0.2) is 5.13 Å². The number of thiazole rings is 1. The fourth-order valence-corrected chi connectivity index (χ4v) is 5.12. The molecule has 1 aromatic heterocycles. The summed E-state index contributed by atoms with van der Waals surface area (Å²) in [6.07, 6.45) is 1.18. The lowest BCUT2D eigenvalue weighted by Gasteiger charge is -2.26. The summed E-state index contributed by atoms with van der Waals surface area (Å²) in [7, 11) is 0. The highest BCUT2D eigenvalue weighted by Crippen LogP contribution is 2.18. The Morgan fingerprint density at radius 1 is 0.969 bits per heavy atom. The van der Waals surface area contributed by atoms with Crippen molar-refractivity contribution < 1.29 is 9.59 Å². The molecule has 3 aromatic rings. The first-order valence-electron chi connectivity index (χ1n) is 10.7. The highest BCUT2D eigenvalue weighted by atomic mass is 32.2. The minimum absolute atomic E-state index is 0.130. The minimum atomic E-state index is -0.213. The maximum absolute atomic E-state index is 12.4. The molecule has 0 atom stereocenters. The van der Waals surface area contributed by atoms with Gasteiger partial charge in [-0.15, -0.1) is 11.3 Å². The summed E-state index contributed by atoms with van der Waals surface area (Å²) in [5.74, 6) is 2.11. The molecule has 1 aliphatic rings. The van der Waals surface area contributed by atoms with Crippen molar-refractivity contribution in [1.82, 2.24) is 9.88 Å². The van der Waals surface area contributed by atoms with E-state index in [0.717, 1.165) is 18.7 Å². The van der Waals surface area contributed by atoms with Crippen LogP contribution in [0, 0.1) is 0 Å². The van der Waals surface area contributed by atoms with Crippen LogP contribution < -0.4 is 10.6 Å². The third kappa shape index (κ3) is 6.66. The Kier molecular flexibility index (Phi) is 7.92. The second kappa shape index (κ2) is 11.3. The Morgan fingerprint density at radius 2 is 1.72 bits per heavy atom. The molecule has 8 heteroatoms. The van der Waals surface area contributed by atoms with E-state index >= 15 is 0 Å². The van der Waals surface area contributed by atoms with E-state index in [-0.39, 0.29) is 18.2 Å². The number of nitrogens with one attached hydrogen (secondary N) is 2. The van der Waals surface area contributed by atoms with Crippen LogP contribution in [0.4, 0.5) is 10.8 Å². The van der Waals surface area contributed by atoms with Gasteiger partial charge in [0.25, 0.3) is 5.91 Å². The molecule has 2 heterocycles. The Labute approximate surface area is 196 Å². The quantitative estimate of drug-likeness (QED) is 0.521. The SMILES string of the molecule is O=C(Cc1csc(NC(=O)c2ccccc2)n1)Nc1ccc(CCN2CCSCC2)cc1. The Bertz CT molecular complexity index is 1030. The molecule has 0 aliphatic carbocycles. The zero-order valence-electron chi connectivity index (χ0n) is 17.8. The molecule has 2 N–H and O–H groups in total. The number of aromatic nitrogens is 1. The third-order valence-corrected chi connectivity index (χ3v) is 6.96. The highest BCUT2D eigenvalue weighted by Gasteiger charge is 2.12. The summed E-state index contributed by atoms with van der Waals surface area (Å²) in [6.45, 7) is 3.43. The summed E-state index contributed by atoms with van der Waals surface area (Å²) in [5.41, 5.74) is 3.26. The lowest BCUT2D eigenvalue weighted by Crippen LogP contribution is -2.34. The maximum atomic E-state index is 12.4. The van der Waals surface area contributed by atoms with Crippen molar-refractivity contribution in [3.63, 3.8) is 0 Å². The second-order valence-electron chi connectivity index (χ2n) is 7.59. The monoisotopic (exact) mass is 466 g/mol. The molecule has 2 aromatic carbocycles. The lowest BCUT2D eigenvalue weighted by atomic mass is 10.1. The molecule has 1 aliphatic heterocycles. The maximum Gasteiger partial charge on any atom is 0.257 e. The number of hydrogen-bond donors (Lipinski definition) is 2. The van der Waals surface area contributed by atoms with Gasteiger partial charge in [0.05, 0.1) is 12.1 Å². The lowest BCUT2D eigenvalue weighted by molar-refractivity contribution is -0.115. The normalized spacial score (nSPS) is 14.1. The van der Waals surface area contributed by atoms with Crippen LogP contribution in [0.25, 0.3) is 0 Å². The summed E-state index contributed by atoms with van der Waals surface area (Å²) in [4.78, 5) is 31.5. The summed E-state index contributed by atoms with van der Waals surface area (Å²) in [5, 5.41) is 7.98. The van der Waals surface area contributed by atoms with Gasteiger partial charge in [0, 0.05) is 47.8 Å². The van der Waals surface area contributed by atoms with Gasteiger partial charge in [-0.3, -0.25) is 14.9 Å². The van der Waals surface area contributed by atoms with Gasteiger partial charge in [-0.25, -0.2) is 4.98 Å². The number of anilines is 2. The molecule has 0 spiro atoms.